The number of hydrogen-bond acceptors (Lipinski definition) is 7. The highest BCUT2D eigenvalue weighted by Gasteiger charge is 2.39. The van der Waals surface area contributed by atoms with Gasteiger partial charge in [-0.2, -0.15) is 0 Å². The monoisotopic (exact) mass is 429 g/mol. The summed E-state index contributed by atoms with van der Waals surface area (Å²) in [6, 6.07) is 6.54. The SMILES string of the molecule is COCC1(C)CN(c2ccc(-c3cn(CC4OCC(C)(C)CO4)nn3)c(N(C)C)c2)C1. The Morgan fingerprint density at radius 2 is 1.87 bits per heavy atom. The molecule has 0 amide bonds. The van der Waals surface area contributed by atoms with Gasteiger partial charge in [-0.15, -0.1) is 5.10 Å². The Labute approximate surface area is 185 Å². The van der Waals surface area contributed by atoms with E-state index in [1.165, 1.54) is 5.69 Å². The first-order valence-corrected chi connectivity index (χ1v) is 10.9. The lowest BCUT2D eigenvalue weighted by molar-refractivity contribution is -0.227. The van der Waals surface area contributed by atoms with Crippen LogP contribution in [-0.2, 0) is 20.8 Å². The lowest BCUT2D eigenvalue weighted by Gasteiger charge is -2.49. The van der Waals surface area contributed by atoms with E-state index in [0.29, 0.717) is 19.8 Å². The average molecular weight is 430 g/mol. The standard InChI is InChI=1S/C23H35N5O3/c1-22(2)14-30-21(31-15-22)11-28-10-19(24-25-28)18-8-7-17(9-20(18)26(4)5)27-12-23(3,13-27)16-29-6/h7-10,21H,11-16H2,1-6H3. The van der Waals surface area contributed by atoms with Crippen LogP contribution in [0.1, 0.15) is 20.8 Å². The molecule has 0 saturated carbocycles. The van der Waals surface area contributed by atoms with Crippen molar-refractivity contribution in [1.29, 1.82) is 0 Å². The molecule has 2 aliphatic heterocycles. The quantitative estimate of drug-likeness (QED) is 0.671. The van der Waals surface area contributed by atoms with E-state index in [2.05, 4.69) is 73.2 Å². The van der Waals surface area contributed by atoms with Crippen LogP contribution >= 0.6 is 0 Å². The first kappa shape index (κ1) is 22.0. The molecular formula is C23H35N5O3. The molecule has 3 heterocycles. The van der Waals surface area contributed by atoms with Gasteiger partial charge in [-0.25, -0.2) is 4.68 Å². The number of hydrogen-bond donors (Lipinski definition) is 0. The lowest BCUT2D eigenvalue weighted by atomic mass is 9.82. The molecule has 2 aliphatic rings. The fourth-order valence-electron chi connectivity index (χ4n) is 4.30. The molecule has 0 radical (unpaired) electrons. The van der Waals surface area contributed by atoms with Crippen molar-refractivity contribution >= 4 is 11.4 Å². The molecule has 4 rings (SSSR count). The second-order valence-corrected chi connectivity index (χ2v) is 10.2. The highest BCUT2D eigenvalue weighted by atomic mass is 16.7. The lowest BCUT2D eigenvalue weighted by Crippen LogP contribution is -2.57. The van der Waals surface area contributed by atoms with Crippen LogP contribution in [-0.4, -0.2) is 75.4 Å². The summed E-state index contributed by atoms with van der Waals surface area (Å²) in [6.07, 6.45) is 1.68. The van der Waals surface area contributed by atoms with E-state index < -0.39 is 0 Å². The minimum atomic E-state index is -0.286. The topological polar surface area (TPSA) is 64.9 Å². The maximum Gasteiger partial charge on any atom is 0.177 e. The zero-order valence-electron chi connectivity index (χ0n) is 19.6. The van der Waals surface area contributed by atoms with Gasteiger partial charge in [0.15, 0.2) is 6.29 Å². The summed E-state index contributed by atoms with van der Waals surface area (Å²) in [5.74, 6) is 0. The van der Waals surface area contributed by atoms with Gasteiger partial charge in [-0.3, -0.25) is 0 Å². The van der Waals surface area contributed by atoms with E-state index in [-0.39, 0.29) is 17.1 Å². The number of rotatable bonds is 7. The van der Waals surface area contributed by atoms with Crippen LogP contribution in [0.4, 0.5) is 11.4 Å². The molecule has 0 bridgehead atoms. The number of nitrogens with zero attached hydrogens (tertiary/aromatic N) is 5. The minimum absolute atomic E-state index is 0.0594. The Hall–Kier alpha value is -2.16. The molecule has 2 aromatic rings. The zero-order valence-corrected chi connectivity index (χ0v) is 19.6. The van der Waals surface area contributed by atoms with Crippen molar-refractivity contribution in [3.63, 3.8) is 0 Å². The van der Waals surface area contributed by atoms with Gasteiger partial charge in [-0.05, 0) is 18.2 Å². The molecule has 170 valence electrons. The highest BCUT2D eigenvalue weighted by Crippen LogP contribution is 2.38. The third-order valence-electron chi connectivity index (χ3n) is 5.94. The Bertz CT molecular complexity index is 894. The largest absolute Gasteiger partial charge is 0.384 e. The van der Waals surface area contributed by atoms with Crippen LogP contribution in [0.2, 0.25) is 0 Å². The molecule has 0 unspecified atom stereocenters. The van der Waals surface area contributed by atoms with Gasteiger partial charge in [0, 0.05) is 62.1 Å². The zero-order chi connectivity index (χ0) is 22.2. The van der Waals surface area contributed by atoms with E-state index in [4.69, 9.17) is 14.2 Å². The summed E-state index contributed by atoms with van der Waals surface area (Å²) < 4.78 is 18.8. The van der Waals surface area contributed by atoms with Gasteiger partial charge in [0.1, 0.15) is 5.69 Å². The van der Waals surface area contributed by atoms with E-state index in [9.17, 15) is 0 Å². The predicted octanol–water partition coefficient (Wildman–Crippen LogP) is 2.88. The normalized spacial score (nSPS) is 20.5. The van der Waals surface area contributed by atoms with Gasteiger partial charge in [0.25, 0.3) is 0 Å². The molecule has 0 N–H and O–H groups in total. The van der Waals surface area contributed by atoms with Crippen LogP contribution in [0, 0.1) is 10.8 Å². The van der Waals surface area contributed by atoms with Crippen LogP contribution in [0.15, 0.2) is 24.4 Å². The first-order chi connectivity index (χ1) is 14.7. The van der Waals surface area contributed by atoms with Crippen molar-refractivity contribution in [2.45, 2.75) is 33.6 Å². The Morgan fingerprint density at radius 1 is 1.16 bits per heavy atom. The van der Waals surface area contributed by atoms with Crippen molar-refractivity contribution in [3.8, 4) is 11.3 Å². The summed E-state index contributed by atoms with van der Waals surface area (Å²) in [7, 11) is 5.89. The molecule has 0 aliphatic carbocycles. The number of aromatic nitrogens is 3. The van der Waals surface area contributed by atoms with Crippen molar-refractivity contribution in [1.82, 2.24) is 15.0 Å². The van der Waals surface area contributed by atoms with Gasteiger partial charge in [0.05, 0.1) is 32.6 Å². The van der Waals surface area contributed by atoms with E-state index >= 15 is 0 Å². The van der Waals surface area contributed by atoms with Gasteiger partial charge >= 0.3 is 0 Å². The first-order valence-electron chi connectivity index (χ1n) is 10.9. The smallest absolute Gasteiger partial charge is 0.177 e. The van der Waals surface area contributed by atoms with Gasteiger partial charge in [0.2, 0.25) is 0 Å². The molecule has 1 aromatic heterocycles. The van der Waals surface area contributed by atoms with Crippen LogP contribution < -0.4 is 9.80 Å². The van der Waals surface area contributed by atoms with Crippen LogP contribution in [0.5, 0.6) is 0 Å². The third kappa shape index (κ3) is 4.86. The number of anilines is 2. The van der Waals surface area contributed by atoms with Crippen molar-refractivity contribution < 1.29 is 14.2 Å². The maximum absolute atomic E-state index is 5.84. The molecule has 8 nitrogen and oxygen atoms in total. The van der Waals surface area contributed by atoms with Gasteiger partial charge in [-0.1, -0.05) is 26.0 Å². The summed E-state index contributed by atoms with van der Waals surface area (Å²) in [5, 5.41) is 8.74. The second kappa shape index (κ2) is 8.41. The Morgan fingerprint density at radius 3 is 2.52 bits per heavy atom. The second-order valence-electron chi connectivity index (χ2n) is 10.2. The number of methoxy groups -OCH3 is 1. The fourth-order valence-corrected chi connectivity index (χ4v) is 4.30. The van der Waals surface area contributed by atoms with Crippen molar-refractivity contribution in [2.75, 3.05) is 63.9 Å². The maximum atomic E-state index is 5.84. The summed E-state index contributed by atoms with van der Waals surface area (Å²) in [6.45, 7) is 11.2. The average Bonchev–Trinajstić information content (AvgIpc) is 3.16. The Balaban J connectivity index is 1.47. The minimum Gasteiger partial charge on any atom is -0.384 e. The van der Waals surface area contributed by atoms with E-state index in [1.54, 1.807) is 11.8 Å². The third-order valence-corrected chi connectivity index (χ3v) is 5.94. The number of ether oxygens (including phenoxy) is 3. The Kier molecular flexibility index (Phi) is 5.98. The summed E-state index contributed by atoms with van der Waals surface area (Å²) in [5.41, 5.74) is 4.54. The van der Waals surface area contributed by atoms with E-state index in [1.807, 2.05) is 6.20 Å². The van der Waals surface area contributed by atoms with Crippen molar-refractivity contribution in [2.24, 2.45) is 10.8 Å². The van der Waals surface area contributed by atoms with Crippen LogP contribution in [0.25, 0.3) is 11.3 Å². The van der Waals surface area contributed by atoms with Gasteiger partial charge < -0.3 is 24.0 Å². The van der Waals surface area contributed by atoms with Crippen LogP contribution in [0.3, 0.4) is 0 Å². The molecule has 0 spiro atoms. The molecule has 1 aromatic carbocycles. The summed E-state index contributed by atoms with van der Waals surface area (Å²) in [4.78, 5) is 4.52. The molecule has 0 atom stereocenters. The fraction of sp³-hybridized carbons (Fsp3) is 0.652. The molecule has 2 fully saturated rings. The van der Waals surface area contributed by atoms with Crippen molar-refractivity contribution in [3.05, 3.63) is 24.4 Å². The van der Waals surface area contributed by atoms with E-state index in [0.717, 1.165) is 36.6 Å². The molecule has 2 saturated heterocycles. The molecule has 8 heteroatoms. The molecule has 31 heavy (non-hydrogen) atoms. The number of benzene rings is 1. The predicted molar refractivity (Wildman–Crippen MR) is 121 cm³/mol. The highest BCUT2D eigenvalue weighted by molar-refractivity contribution is 5.79. The molecular weight excluding hydrogens is 394 g/mol. The summed E-state index contributed by atoms with van der Waals surface area (Å²) >= 11 is 0.